The maximum atomic E-state index is 11.4. The van der Waals surface area contributed by atoms with Crippen molar-refractivity contribution in [2.75, 3.05) is 0 Å². The molecular weight excluding hydrogens is 226 g/mol. The average molecular weight is 237 g/mol. The summed E-state index contributed by atoms with van der Waals surface area (Å²) in [5.41, 5.74) is -0.448. The van der Waals surface area contributed by atoms with Crippen LogP contribution in [0.2, 0.25) is 0 Å². The predicted octanol–water partition coefficient (Wildman–Crippen LogP) is 0.828. The molecule has 0 aliphatic heterocycles. The second-order valence-electron chi connectivity index (χ2n) is 3.62. The van der Waals surface area contributed by atoms with E-state index in [-0.39, 0.29) is 16.7 Å². The topological polar surface area (TPSA) is 107 Å². The van der Waals surface area contributed by atoms with Crippen LogP contribution in [-0.4, -0.2) is 24.9 Å². The van der Waals surface area contributed by atoms with Gasteiger partial charge in [0.25, 0.3) is 5.56 Å². The van der Waals surface area contributed by atoms with E-state index in [1.807, 2.05) is 6.92 Å². The van der Waals surface area contributed by atoms with Gasteiger partial charge in [0.1, 0.15) is 0 Å². The van der Waals surface area contributed by atoms with Crippen LogP contribution < -0.4 is 5.56 Å². The number of pyridine rings is 1. The molecule has 0 fully saturated rings. The number of aromatic nitrogens is 4. The zero-order valence-corrected chi connectivity index (χ0v) is 9.21. The van der Waals surface area contributed by atoms with Gasteiger partial charge in [-0.1, -0.05) is 18.6 Å². The van der Waals surface area contributed by atoms with E-state index in [9.17, 15) is 14.9 Å². The smallest absolute Gasteiger partial charge is 0.312 e. The normalized spacial score (nSPS) is 10.9. The van der Waals surface area contributed by atoms with Crippen LogP contribution >= 0.6 is 0 Å². The number of nitrogens with one attached hydrogen (secondary N) is 1. The van der Waals surface area contributed by atoms with Crippen LogP contribution in [0.25, 0.3) is 11.0 Å². The Morgan fingerprint density at radius 1 is 1.59 bits per heavy atom. The molecule has 0 bridgehead atoms. The third-order valence-electron chi connectivity index (χ3n) is 2.45. The van der Waals surface area contributed by atoms with E-state index in [2.05, 4.69) is 15.3 Å². The van der Waals surface area contributed by atoms with E-state index in [0.717, 1.165) is 19.0 Å². The lowest BCUT2D eigenvalue weighted by atomic mass is 10.3. The lowest BCUT2D eigenvalue weighted by Crippen LogP contribution is -2.09. The van der Waals surface area contributed by atoms with E-state index in [1.165, 1.54) is 4.68 Å². The zero-order valence-electron chi connectivity index (χ0n) is 9.21. The van der Waals surface area contributed by atoms with Gasteiger partial charge in [-0.25, -0.2) is 4.68 Å². The van der Waals surface area contributed by atoms with Crippen molar-refractivity contribution in [1.82, 2.24) is 20.0 Å². The van der Waals surface area contributed by atoms with Crippen LogP contribution in [0.5, 0.6) is 0 Å². The Bertz CT molecular complexity index is 615. The summed E-state index contributed by atoms with van der Waals surface area (Å²) in [5, 5.41) is 18.3. The van der Waals surface area contributed by atoms with Crippen molar-refractivity contribution in [2.24, 2.45) is 0 Å². The summed E-state index contributed by atoms with van der Waals surface area (Å²) in [4.78, 5) is 24.0. The molecule has 8 nitrogen and oxygen atoms in total. The minimum atomic E-state index is -0.552. The zero-order chi connectivity index (χ0) is 12.4. The molecule has 17 heavy (non-hydrogen) atoms. The molecule has 0 spiro atoms. The summed E-state index contributed by atoms with van der Waals surface area (Å²) < 4.78 is 1.41. The van der Waals surface area contributed by atoms with Crippen molar-refractivity contribution < 1.29 is 4.92 Å². The van der Waals surface area contributed by atoms with Gasteiger partial charge in [-0.05, 0) is 6.42 Å². The highest BCUT2D eigenvalue weighted by atomic mass is 16.6. The lowest BCUT2D eigenvalue weighted by Gasteiger charge is -2.00. The molecule has 0 aliphatic carbocycles. The number of nitrogens with zero attached hydrogens (tertiary/aromatic N) is 4. The van der Waals surface area contributed by atoms with Crippen molar-refractivity contribution in [2.45, 2.75) is 26.3 Å². The Balaban J connectivity index is 2.66. The van der Waals surface area contributed by atoms with Gasteiger partial charge in [0.2, 0.25) is 0 Å². The molecule has 2 aromatic rings. The quantitative estimate of drug-likeness (QED) is 0.626. The fraction of sp³-hybridized carbons (Fsp3) is 0.444. The Labute approximate surface area is 95.4 Å². The third-order valence-corrected chi connectivity index (χ3v) is 2.45. The fourth-order valence-electron chi connectivity index (χ4n) is 1.59. The van der Waals surface area contributed by atoms with Crippen molar-refractivity contribution in [1.29, 1.82) is 0 Å². The van der Waals surface area contributed by atoms with Crippen LogP contribution in [0, 0.1) is 10.1 Å². The molecule has 0 atom stereocenters. The molecule has 0 saturated carbocycles. The largest absolute Gasteiger partial charge is 0.321 e. The Kier molecular flexibility index (Phi) is 2.86. The van der Waals surface area contributed by atoms with Crippen LogP contribution in [0.4, 0.5) is 5.69 Å². The molecule has 0 aromatic carbocycles. The van der Waals surface area contributed by atoms with Gasteiger partial charge in [0, 0.05) is 6.54 Å². The van der Waals surface area contributed by atoms with Crippen molar-refractivity contribution >= 4 is 16.7 Å². The summed E-state index contributed by atoms with van der Waals surface area (Å²) in [6.45, 7) is 2.51. The molecule has 2 aromatic heterocycles. The van der Waals surface area contributed by atoms with Gasteiger partial charge in [-0.15, -0.1) is 5.10 Å². The summed E-state index contributed by atoms with van der Waals surface area (Å²) in [6.07, 6.45) is 2.83. The fourth-order valence-corrected chi connectivity index (χ4v) is 1.59. The molecule has 0 saturated heterocycles. The first-order valence-electron chi connectivity index (χ1n) is 5.24. The summed E-state index contributed by atoms with van der Waals surface area (Å²) in [5.74, 6) is 0. The predicted molar refractivity (Wildman–Crippen MR) is 59.7 cm³/mol. The van der Waals surface area contributed by atoms with Crippen molar-refractivity contribution in [3.05, 3.63) is 26.7 Å². The lowest BCUT2D eigenvalue weighted by molar-refractivity contribution is -0.383. The minimum Gasteiger partial charge on any atom is -0.321 e. The number of unbranched alkanes of at least 4 members (excludes halogenated alkanes) is 1. The first-order chi connectivity index (χ1) is 8.15. The number of hydrogen-bond acceptors (Lipinski definition) is 5. The number of fused-ring (bicyclic) bond motifs is 1. The van der Waals surface area contributed by atoms with Crippen LogP contribution in [0.15, 0.2) is 11.0 Å². The standard InChI is InChI=1S/C9H11N5O3/c1-2-3-4-13-8-6(14(16)17)5-10-9(15)7(8)11-12-13/h5H,2-4H2,1H3,(H,10,15). The molecule has 0 aliphatic rings. The summed E-state index contributed by atoms with van der Waals surface area (Å²) in [7, 11) is 0. The van der Waals surface area contributed by atoms with Crippen LogP contribution in [0.1, 0.15) is 19.8 Å². The highest BCUT2D eigenvalue weighted by Crippen LogP contribution is 2.20. The van der Waals surface area contributed by atoms with E-state index >= 15 is 0 Å². The maximum Gasteiger partial charge on any atom is 0.312 e. The van der Waals surface area contributed by atoms with Gasteiger partial charge < -0.3 is 4.98 Å². The molecule has 1 N–H and O–H groups in total. The number of aryl methyl sites for hydroxylation is 1. The molecule has 90 valence electrons. The number of rotatable bonds is 4. The third kappa shape index (κ3) is 1.88. The summed E-state index contributed by atoms with van der Waals surface area (Å²) in [6, 6.07) is 0. The minimum absolute atomic E-state index is 0.00954. The number of hydrogen-bond donors (Lipinski definition) is 1. The maximum absolute atomic E-state index is 11.4. The average Bonchev–Trinajstić information content (AvgIpc) is 2.71. The Morgan fingerprint density at radius 3 is 3.00 bits per heavy atom. The highest BCUT2D eigenvalue weighted by Gasteiger charge is 2.20. The molecule has 2 heterocycles. The monoisotopic (exact) mass is 237 g/mol. The van der Waals surface area contributed by atoms with Gasteiger partial charge in [0.05, 0.1) is 11.1 Å². The molecule has 2 rings (SSSR count). The summed E-state index contributed by atoms with van der Waals surface area (Å²) >= 11 is 0. The van der Waals surface area contributed by atoms with Gasteiger partial charge in [-0.3, -0.25) is 14.9 Å². The molecule has 0 radical (unpaired) electrons. The second-order valence-corrected chi connectivity index (χ2v) is 3.62. The van der Waals surface area contributed by atoms with E-state index in [0.29, 0.717) is 6.54 Å². The number of nitro groups is 1. The van der Waals surface area contributed by atoms with Crippen molar-refractivity contribution in [3.8, 4) is 0 Å². The number of H-pyrrole nitrogens is 1. The Morgan fingerprint density at radius 2 is 2.35 bits per heavy atom. The molecule has 8 heteroatoms. The van der Waals surface area contributed by atoms with E-state index in [4.69, 9.17) is 0 Å². The molecule has 0 unspecified atom stereocenters. The molecule has 0 amide bonds. The van der Waals surface area contributed by atoms with Crippen LogP contribution in [-0.2, 0) is 6.54 Å². The van der Waals surface area contributed by atoms with Gasteiger partial charge in [-0.2, -0.15) is 0 Å². The molecular formula is C9H11N5O3. The second kappa shape index (κ2) is 4.32. The van der Waals surface area contributed by atoms with E-state index in [1.54, 1.807) is 0 Å². The van der Waals surface area contributed by atoms with Crippen molar-refractivity contribution in [3.63, 3.8) is 0 Å². The first-order valence-corrected chi connectivity index (χ1v) is 5.24. The van der Waals surface area contributed by atoms with E-state index < -0.39 is 10.5 Å². The first kappa shape index (κ1) is 11.2. The Hall–Kier alpha value is -2.25. The van der Waals surface area contributed by atoms with Gasteiger partial charge >= 0.3 is 5.69 Å². The van der Waals surface area contributed by atoms with Gasteiger partial charge in [0.15, 0.2) is 11.0 Å². The number of aromatic amines is 1. The highest BCUT2D eigenvalue weighted by molar-refractivity contribution is 5.82. The van der Waals surface area contributed by atoms with Crippen LogP contribution in [0.3, 0.4) is 0 Å². The SMILES string of the molecule is CCCCn1nnc2c(=O)[nH]cc([N+](=O)[O-])c21.